The molecule has 2 atom stereocenters. The van der Waals surface area contributed by atoms with E-state index in [1.807, 2.05) is 0 Å². The number of nitrogens with two attached hydrogens (primary N) is 1. The highest BCUT2D eigenvalue weighted by atomic mass is 19.4. The van der Waals surface area contributed by atoms with Crippen LogP contribution < -0.4 is 5.73 Å². The molecular formula is C13H25F3N2. The van der Waals surface area contributed by atoms with Crippen LogP contribution in [-0.2, 0) is 0 Å². The van der Waals surface area contributed by atoms with E-state index in [1.165, 1.54) is 11.8 Å². The second-order valence-corrected chi connectivity index (χ2v) is 5.59. The molecule has 0 heterocycles. The Kier molecular flexibility index (Phi) is 5.46. The zero-order valence-electron chi connectivity index (χ0n) is 11.5. The molecule has 1 rings (SSSR count). The highest BCUT2D eigenvalue weighted by molar-refractivity contribution is 4.89. The lowest BCUT2D eigenvalue weighted by atomic mass is 9.83. The molecule has 2 unspecified atom stereocenters. The first-order chi connectivity index (χ1) is 8.27. The van der Waals surface area contributed by atoms with Gasteiger partial charge in [0, 0.05) is 12.1 Å². The lowest BCUT2D eigenvalue weighted by molar-refractivity contribution is -0.191. The van der Waals surface area contributed by atoms with E-state index in [0.717, 1.165) is 32.1 Å². The Bertz CT molecular complexity index is 245. The molecule has 0 aromatic carbocycles. The maximum atomic E-state index is 13.0. The van der Waals surface area contributed by atoms with Gasteiger partial charge < -0.3 is 5.73 Å². The molecule has 1 aliphatic carbocycles. The van der Waals surface area contributed by atoms with E-state index in [9.17, 15) is 13.2 Å². The van der Waals surface area contributed by atoms with Crippen LogP contribution in [0, 0.1) is 5.92 Å². The number of nitrogens with zero attached hydrogens (tertiary/aromatic N) is 1. The van der Waals surface area contributed by atoms with Crippen LogP contribution >= 0.6 is 0 Å². The Hall–Kier alpha value is -0.290. The van der Waals surface area contributed by atoms with E-state index < -0.39 is 18.3 Å². The summed E-state index contributed by atoms with van der Waals surface area (Å²) in [5.74, 6) is 0.689. The van der Waals surface area contributed by atoms with E-state index in [-0.39, 0.29) is 6.04 Å². The third-order valence-corrected chi connectivity index (χ3v) is 4.24. The van der Waals surface area contributed by atoms with Crippen molar-refractivity contribution in [3.05, 3.63) is 0 Å². The average molecular weight is 266 g/mol. The topological polar surface area (TPSA) is 29.3 Å². The van der Waals surface area contributed by atoms with Crippen LogP contribution in [0.5, 0.6) is 0 Å². The Morgan fingerprint density at radius 2 is 1.72 bits per heavy atom. The molecule has 0 amide bonds. The molecule has 0 aromatic rings. The Morgan fingerprint density at radius 1 is 1.22 bits per heavy atom. The van der Waals surface area contributed by atoms with Crippen molar-refractivity contribution in [2.24, 2.45) is 11.7 Å². The first-order valence-corrected chi connectivity index (χ1v) is 6.81. The fourth-order valence-corrected chi connectivity index (χ4v) is 3.09. The van der Waals surface area contributed by atoms with Crippen molar-refractivity contribution < 1.29 is 13.2 Å². The molecule has 5 heteroatoms. The van der Waals surface area contributed by atoms with E-state index in [1.54, 1.807) is 7.05 Å². The largest absolute Gasteiger partial charge is 0.405 e. The monoisotopic (exact) mass is 266 g/mol. The van der Waals surface area contributed by atoms with Crippen LogP contribution in [0.3, 0.4) is 0 Å². The average Bonchev–Trinajstić information content (AvgIpc) is 2.26. The minimum absolute atomic E-state index is 0.0189. The first kappa shape index (κ1) is 15.8. The van der Waals surface area contributed by atoms with Crippen LogP contribution in [0.4, 0.5) is 13.2 Å². The van der Waals surface area contributed by atoms with Crippen molar-refractivity contribution in [1.82, 2.24) is 4.90 Å². The fraction of sp³-hybridized carbons (Fsp3) is 1.00. The van der Waals surface area contributed by atoms with E-state index in [0.29, 0.717) is 5.92 Å². The number of rotatable bonds is 4. The van der Waals surface area contributed by atoms with E-state index in [2.05, 4.69) is 6.92 Å². The molecule has 2 N–H and O–H groups in total. The minimum Gasteiger partial charge on any atom is -0.326 e. The second kappa shape index (κ2) is 6.24. The van der Waals surface area contributed by atoms with E-state index in [4.69, 9.17) is 5.73 Å². The predicted molar refractivity (Wildman–Crippen MR) is 67.3 cm³/mol. The Morgan fingerprint density at radius 3 is 2.06 bits per heavy atom. The van der Waals surface area contributed by atoms with Crippen molar-refractivity contribution in [2.45, 2.75) is 70.3 Å². The van der Waals surface area contributed by atoms with Crippen LogP contribution in [0.1, 0.15) is 46.0 Å². The number of halogens is 3. The third-order valence-electron chi connectivity index (χ3n) is 4.24. The highest BCUT2D eigenvalue weighted by Crippen LogP contribution is 2.33. The molecule has 1 aliphatic rings. The zero-order chi connectivity index (χ0) is 13.9. The van der Waals surface area contributed by atoms with Crippen LogP contribution in [0.25, 0.3) is 0 Å². The molecule has 0 radical (unpaired) electrons. The van der Waals surface area contributed by atoms with Crippen LogP contribution in [0.15, 0.2) is 0 Å². The predicted octanol–water partition coefficient (Wildman–Crippen LogP) is 3.17. The van der Waals surface area contributed by atoms with Gasteiger partial charge >= 0.3 is 6.18 Å². The standard InChI is InChI=1S/C13H25F3N2/c1-4-10-5-7-11(8-6-10)18(3)12(9(2)17)13(14,15)16/h9-12H,4-8,17H2,1-3H3. The summed E-state index contributed by atoms with van der Waals surface area (Å²) in [4.78, 5) is 1.45. The maximum Gasteiger partial charge on any atom is 0.405 e. The molecule has 108 valence electrons. The maximum absolute atomic E-state index is 13.0. The highest BCUT2D eigenvalue weighted by Gasteiger charge is 2.46. The summed E-state index contributed by atoms with van der Waals surface area (Å²) in [6.07, 6.45) is 0.670. The molecule has 1 saturated carbocycles. The molecule has 0 aliphatic heterocycles. The molecule has 0 spiro atoms. The summed E-state index contributed by atoms with van der Waals surface area (Å²) < 4.78 is 39.0. The molecule has 0 bridgehead atoms. The van der Waals surface area contributed by atoms with Crippen molar-refractivity contribution >= 4 is 0 Å². The summed E-state index contributed by atoms with van der Waals surface area (Å²) >= 11 is 0. The summed E-state index contributed by atoms with van der Waals surface area (Å²) in [7, 11) is 1.57. The van der Waals surface area contributed by atoms with Gasteiger partial charge in [-0.25, -0.2) is 0 Å². The van der Waals surface area contributed by atoms with Crippen molar-refractivity contribution in [1.29, 1.82) is 0 Å². The lowest BCUT2D eigenvalue weighted by Gasteiger charge is -2.41. The van der Waals surface area contributed by atoms with Crippen molar-refractivity contribution in [3.63, 3.8) is 0 Å². The van der Waals surface area contributed by atoms with Gasteiger partial charge in [-0.15, -0.1) is 0 Å². The first-order valence-electron chi connectivity index (χ1n) is 6.81. The minimum atomic E-state index is -4.25. The van der Waals surface area contributed by atoms with Gasteiger partial charge in [-0.1, -0.05) is 13.3 Å². The quantitative estimate of drug-likeness (QED) is 0.847. The number of likely N-dealkylation sites (N-methyl/N-ethyl adjacent to an activating group) is 1. The van der Waals surface area contributed by atoms with Gasteiger partial charge in [-0.05, 0) is 45.6 Å². The Balaban J connectivity index is 2.65. The number of hydrogen-bond acceptors (Lipinski definition) is 2. The van der Waals surface area contributed by atoms with Gasteiger partial charge in [0.25, 0.3) is 0 Å². The molecular weight excluding hydrogens is 241 g/mol. The van der Waals surface area contributed by atoms with Gasteiger partial charge in [-0.2, -0.15) is 13.2 Å². The summed E-state index contributed by atoms with van der Waals surface area (Å²) in [5, 5.41) is 0. The SMILES string of the molecule is CCC1CCC(N(C)C(C(C)N)C(F)(F)F)CC1. The molecule has 18 heavy (non-hydrogen) atoms. The van der Waals surface area contributed by atoms with Gasteiger partial charge in [0.05, 0.1) is 0 Å². The third kappa shape index (κ3) is 3.85. The summed E-state index contributed by atoms with van der Waals surface area (Å²) in [6.45, 7) is 3.58. The van der Waals surface area contributed by atoms with Gasteiger partial charge in [0.15, 0.2) is 0 Å². The normalized spacial score (nSPS) is 29.3. The molecule has 0 saturated heterocycles. The molecule has 2 nitrogen and oxygen atoms in total. The van der Waals surface area contributed by atoms with Crippen molar-refractivity contribution in [3.8, 4) is 0 Å². The molecule has 1 fully saturated rings. The molecule has 0 aromatic heterocycles. The van der Waals surface area contributed by atoms with Crippen LogP contribution in [0.2, 0.25) is 0 Å². The Labute approximate surface area is 108 Å². The lowest BCUT2D eigenvalue weighted by Crippen LogP contribution is -2.57. The summed E-state index contributed by atoms with van der Waals surface area (Å²) in [6, 6.07) is -2.40. The van der Waals surface area contributed by atoms with Crippen molar-refractivity contribution in [2.75, 3.05) is 7.05 Å². The van der Waals surface area contributed by atoms with Crippen LogP contribution in [-0.4, -0.2) is 36.2 Å². The van der Waals surface area contributed by atoms with Gasteiger partial charge in [0.1, 0.15) is 6.04 Å². The number of alkyl halides is 3. The zero-order valence-corrected chi connectivity index (χ0v) is 11.5. The smallest absolute Gasteiger partial charge is 0.326 e. The number of hydrogen-bond donors (Lipinski definition) is 1. The summed E-state index contributed by atoms with van der Waals surface area (Å²) in [5.41, 5.74) is 5.52. The second-order valence-electron chi connectivity index (χ2n) is 5.59. The van der Waals surface area contributed by atoms with Gasteiger partial charge in [0.2, 0.25) is 0 Å². The van der Waals surface area contributed by atoms with Gasteiger partial charge in [-0.3, -0.25) is 4.90 Å². The fourth-order valence-electron chi connectivity index (χ4n) is 3.09. The van der Waals surface area contributed by atoms with E-state index >= 15 is 0 Å².